The molecule has 1 aromatic carbocycles. The molecule has 4 heterocycles. The average molecular weight is 659 g/mol. The number of benzene rings is 1. The molecule has 0 spiro atoms. The fraction of sp³-hybridized carbons (Fsp3) is 0.676. The number of fused-ring (bicyclic) bond motifs is 5. The van der Waals surface area contributed by atoms with Crippen LogP contribution in [-0.2, 0) is 25.0 Å². The maximum Gasteiger partial charge on any atom is 0.408 e. The van der Waals surface area contributed by atoms with Crippen LogP contribution in [0.1, 0.15) is 77.8 Å². The first-order valence-electron chi connectivity index (χ1n) is 16.6. The van der Waals surface area contributed by atoms with Gasteiger partial charge in [0.2, 0.25) is 11.8 Å². The minimum Gasteiger partial charge on any atom is -0.497 e. The smallest absolute Gasteiger partial charge is 0.408 e. The molecule has 0 unspecified atom stereocenters. The summed E-state index contributed by atoms with van der Waals surface area (Å²) in [5.41, 5.74) is -1.53. The zero-order valence-corrected chi connectivity index (χ0v) is 27.4. The largest absolute Gasteiger partial charge is 0.497 e. The number of alkyl halides is 2. The van der Waals surface area contributed by atoms with Crippen molar-refractivity contribution in [1.29, 1.82) is 0 Å². The maximum atomic E-state index is 16.1. The topological polar surface area (TPSA) is 129 Å². The lowest BCUT2D eigenvalue weighted by Crippen LogP contribution is -2.64. The van der Waals surface area contributed by atoms with Gasteiger partial charge in [0.05, 0.1) is 43.9 Å². The lowest BCUT2D eigenvalue weighted by Gasteiger charge is -2.45. The number of hydrogen-bond acceptors (Lipinski definition) is 9. The number of amides is 2. The molecule has 1 aromatic heterocycles. The van der Waals surface area contributed by atoms with Crippen LogP contribution in [0.15, 0.2) is 18.2 Å². The molecule has 1 aliphatic carbocycles. The number of carbonyl (C=O) groups is 3. The van der Waals surface area contributed by atoms with E-state index in [0.717, 1.165) is 12.8 Å². The summed E-state index contributed by atoms with van der Waals surface area (Å²) in [5.74, 6) is -4.26. The molecule has 1 saturated carbocycles. The molecule has 2 aromatic rings. The Hall–Kier alpha value is -3.61. The molecule has 6 atom stereocenters. The summed E-state index contributed by atoms with van der Waals surface area (Å²) in [6.45, 7) is 5.96. The Kier molecular flexibility index (Phi) is 9.05. The summed E-state index contributed by atoms with van der Waals surface area (Å²) < 4.78 is 55.4. The van der Waals surface area contributed by atoms with Gasteiger partial charge in [-0.25, -0.2) is 14.8 Å². The second kappa shape index (κ2) is 12.8. The number of rotatable bonds is 4. The Balaban J connectivity index is 1.42. The van der Waals surface area contributed by atoms with Crippen molar-refractivity contribution in [3.8, 4) is 11.6 Å². The van der Waals surface area contributed by atoms with Crippen LogP contribution < -0.4 is 14.8 Å². The quantitative estimate of drug-likeness (QED) is 0.442. The highest BCUT2D eigenvalue weighted by atomic mass is 19.3. The third kappa shape index (κ3) is 6.23. The third-order valence-electron chi connectivity index (χ3n) is 10.8. The molecule has 2 amide bonds. The van der Waals surface area contributed by atoms with Crippen LogP contribution in [0.4, 0.5) is 13.6 Å². The van der Waals surface area contributed by atoms with Crippen molar-refractivity contribution in [2.75, 3.05) is 26.9 Å². The van der Waals surface area contributed by atoms with Gasteiger partial charge in [0.15, 0.2) is 5.69 Å². The van der Waals surface area contributed by atoms with E-state index < -0.39 is 65.2 Å². The number of methoxy groups -OCH3 is 1. The van der Waals surface area contributed by atoms with E-state index >= 15 is 8.78 Å². The van der Waals surface area contributed by atoms with Gasteiger partial charge in [0, 0.05) is 23.8 Å². The first kappa shape index (κ1) is 33.3. The van der Waals surface area contributed by atoms with E-state index in [9.17, 15) is 14.4 Å². The van der Waals surface area contributed by atoms with Crippen LogP contribution in [0.5, 0.6) is 11.6 Å². The van der Waals surface area contributed by atoms with Crippen molar-refractivity contribution in [3.63, 3.8) is 0 Å². The van der Waals surface area contributed by atoms with Crippen LogP contribution in [0, 0.1) is 17.3 Å². The minimum absolute atomic E-state index is 0.0176. The van der Waals surface area contributed by atoms with Gasteiger partial charge < -0.3 is 34.0 Å². The molecule has 6 rings (SSSR count). The van der Waals surface area contributed by atoms with Gasteiger partial charge in [0.25, 0.3) is 5.92 Å². The first-order chi connectivity index (χ1) is 22.4. The Morgan fingerprint density at radius 2 is 1.85 bits per heavy atom. The third-order valence-corrected chi connectivity index (χ3v) is 10.8. The van der Waals surface area contributed by atoms with Gasteiger partial charge in [-0.05, 0) is 63.5 Å². The minimum atomic E-state index is -3.37. The van der Waals surface area contributed by atoms with Crippen molar-refractivity contribution in [3.05, 3.63) is 23.9 Å². The van der Waals surface area contributed by atoms with Gasteiger partial charge in [0.1, 0.15) is 29.8 Å². The first-order valence-corrected chi connectivity index (χ1v) is 16.6. The molecule has 2 saturated heterocycles. The van der Waals surface area contributed by atoms with E-state index in [4.69, 9.17) is 18.9 Å². The monoisotopic (exact) mass is 658 g/mol. The molecule has 1 N–H and O–H groups in total. The van der Waals surface area contributed by atoms with Gasteiger partial charge in [-0.3, -0.25) is 4.79 Å². The number of aldehydes is 1. The standard InChI is InChI=1S/C34H44F2N4O7/c1-5-22-25(17-41)40-16-26(22)46-29-27(37-23-12-11-21(44-4)15-24(23)38-29)34(35,36)14-7-6-9-20-10-8-13-33(20,3)47-31(43)39-28(30(40)42)32(2)18-45-19-32/h11-12,15,17,20,22,25-26,28H,5-10,13-14,16,18-19H2,1-4H3,(H,39,43)/t20-,22+,25-,26+,28-,33-/m1/s1. The second-order valence-electron chi connectivity index (χ2n) is 14.0. The predicted molar refractivity (Wildman–Crippen MR) is 166 cm³/mol. The molecular weight excluding hydrogens is 614 g/mol. The van der Waals surface area contributed by atoms with Crippen molar-refractivity contribution >= 4 is 29.3 Å². The number of nitrogens with zero attached hydrogens (tertiary/aromatic N) is 3. The van der Waals surface area contributed by atoms with E-state index in [0.29, 0.717) is 43.2 Å². The van der Waals surface area contributed by atoms with Crippen molar-refractivity contribution in [1.82, 2.24) is 20.2 Å². The Morgan fingerprint density at radius 3 is 2.53 bits per heavy atom. The van der Waals surface area contributed by atoms with Crippen LogP contribution in [0.25, 0.3) is 11.0 Å². The van der Waals surface area contributed by atoms with E-state index in [1.165, 1.54) is 12.0 Å². The Bertz CT molecular complexity index is 1520. The fourth-order valence-electron chi connectivity index (χ4n) is 7.85. The average Bonchev–Trinajstić information content (AvgIpc) is 3.57. The number of hydrogen-bond donors (Lipinski definition) is 1. The molecule has 0 radical (unpaired) electrons. The van der Waals surface area contributed by atoms with Crippen molar-refractivity contribution in [2.45, 2.75) is 102 Å². The van der Waals surface area contributed by atoms with E-state index in [1.54, 1.807) is 18.2 Å². The zero-order valence-electron chi connectivity index (χ0n) is 27.4. The highest BCUT2D eigenvalue weighted by Gasteiger charge is 2.53. The van der Waals surface area contributed by atoms with Gasteiger partial charge in [-0.15, -0.1) is 0 Å². The SMILES string of the molecule is CC[C@@H]1[C@@H]2CN(C(=O)[C@H](C3(C)COC3)NC(=O)O[C@]3(C)CCC[C@H]3CCCCC(F)(F)c3nc4ccc(OC)cc4nc3O2)[C@@H]1C=O. The van der Waals surface area contributed by atoms with Gasteiger partial charge in [-0.2, -0.15) is 8.78 Å². The van der Waals surface area contributed by atoms with E-state index in [-0.39, 0.29) is 43.5 Å². The molecule has 11 nitrogen and oxygen atoms in total. The second-order valence-corrected chi connectivity index (χ2v) is 14.0. The predicted octanol–water partition coefficient (Wildman–Crippen LogP) is 5.18. The highest BCUT2D eigenvalue weighted by molar-refractivity contribution is 5.89. The molecule has 2 bridgehead atoms. The summed E-state index contributed by atoms with van der Waals surface area (Å²) in [7, 11) is 1.50. The summed E-state index contributed by atoms with van der Waals surface area (Å²) in [4.78, 5) is 50.7. The Labute approximate surface area is 273 Å². The fourth-order valence-corrected chi connectivity index (χ4v) is 7.85. The molecule has 3 fully saturated rings. The number of aromatic nitrogens is 2. The van der Waals surface area contributed by atoms with Crippen LogP contribution in [0.3, 0.4) is 0 Å². The zero-order chi connectivity index (χ0) is 33.6. The van der Waals surface area contributed by atoms with Crippen LogP contribution >= 0.6 is 0 Å². The molecule has 256 valence electrons. The van der Waals surface area contributed by atoms with Gasteiger partial charge >= 0.3 is 6.09 Å². The summed E-state index contributed by atoms with van der Waals surface area (Å²) in [6.07, 6.45) is 2.66. The summed E-state index contributed by atoms with van der Waals surface area (Å²) in [5, 5.41) is 2.85. The lowest BCUT2D eigenvalue weighted by atomic mass is 9.79. The molecule has 47 heavy (non-hydrogen) atoms. The number of ether oxygens (including phenoxy) is 4. The number of alkyl carbamates (subject to hydrolysis) is 1. The molecule has 4 aliphatic rings. The van der Waals surface area contributed by atoms with Crippen LogP contribution in [0.2, 0.25) is 0 Å². The number of carbonyl (C=O) groups excluding carboxylic acids is 3. The van der Waals surface area contributed by atoms with Crippen LogP contribution in [-0.4, -0.2) is 83.8 Å². The van der Waals surface area contributed by atoms with E-state index in [2.05, 4.69) is 15.3 Å². The molecular formula is C34H44F2N4O7. The van der Waals surface area contributed by atoms with E-state index in [1.807, 2.05) is 20.8 Å². The highest BCUT2D eigenvalue weighted by Crippen LogP contribution is 2.44. The number of nitrogens with one attached hydrogen (secondary N) is 1. The normalized spacial score (nSPS) is 32.5. The van der Waals surface area contributed by atoms with Gasteiger partial charge in [-0.1, -0.05) is 20.3 Å². The number of halogens is 2. The summed E-state index contributed by atoms with van der Waals surface area (Å²) >= 11 is 0. The molecule has 13 heteroatoms. The maximum absolute atomic E-state index is 16.1. The Morgan fingerprint density at radius 1 is 1.09 bits per heavy atom. The lowest BCUT2D eigenvalue weighted by molar-refractivity contribution is -0.158. The molecule has 3 aliphatic heterocycles. The summed E-state index contributed by atoms with van der Waals surface area (Å²) in [6, 6.07) is 2.85. The van der Waals surface area contributed by atoms with Crippen molar-refractivity contribution < 1.29 is 42.1 Å². The van der Waals surface area contributed by atoms with Crippen molar-refractivity contribution in [2.24, 2.45) is 17.3 Å².